The van der Waals surface area contributed by atoms with Gasteiger partial charge in [-0.25, -0.2) is 4.98 Å². The lowest BCUT2D eigenvalue weighted by Gasteiger charge is -2.08. The Balaban J connectivity index is 2.69. The van der Waals surface area contributed by atoms with Gasteiger partial charge in [0.2, 0.25) is 0 Å². The van der Waals surface area contributed by atoms with Crippen LogP contribution in [0.5, 0.6) is 0 Å². The molecule has 1 unspecified atom stereocenters. The van der Waals surface area contributed by atoms with Crippen molar-refractivity contribution >= 4 is 22.8 Å². The number of pyridine rings is 1. The highest BCUT2D eigenvalue weighted by Gasteiger charge is 2.13. The summed E-state index contributed by atoms with van der Waals surface area (Å²) in [7, 11) is 1.88. The highest BCUT2D eigenvalue weighted by Crippen LogP contribution is 2.23. The molecule has 0 amide bonds. The molecule has 0 aliphatic heterocycles. The first-order valence-electron chi connectivity index (χ1n) is 4.73. The lowest BCUT2D eigenvalue weighted by Crippen LogP contribution is -2.15. The van der Waals surface area contributed by atoms with Crippen molar-refractivity contribution in [3.63, 3.8) is 0 Å². The zero-order valence-electron chi connectivity index (χ0n) is 8.66. The van der Waals surface area contributed by atoms with Crippen LogP contribution in [0.15, 0.2) is 18.3 Å². The summed E-state index contributed by atoms with van der Waals surface area (Å²) < 4.78 is 1.92. The topological polar surface area (TPSA) is 55.3 Å². The number of nitrogens with two attached hydrogens (primary N) is 1. The van der Waals surface area contributed by atoms with Gasteiger partial charge in [0.25, 0.3) is 0 Å². The van der Waals surface area contributed by atoms with Gasteiger partial charge in [0.05, 0.1) is 11.6 Å². The van der Waals surface area contributed by atoms with Crippen LogP contribution < -0.4 is 11.1 Å². The molecule has 0 spiro atoms. The predicted octanol–water partition coefficient (Wildman–Crippen LogP) is 1.85. The Labute approximate surface area is 93.1 Å². The molecule has 2 aromatic heterocycles. The maximum Gasteiger partial charge on any atom is 0.155 e. The third kappa shape index (κ3) is 1.66. The van der Waals surface area contributed by atoms with Gasteiger partial charge in [-0.3, -0.25) is 4.40 Å². The summed E-state index contributed by atoms with van der Waals surface area (Å²) in [4.78, 5) is 4.31. The van der Waals surface area contributed by atoms with Gasteiger partial charge in [-0.2, -0.15) is 0 Å². The highest BCUT2D eigenvalue weighted by atomic mass is 35.5. The summed E-state index contributed by atoms with van der Waals surface area (Å²) in [5.41, 5.74) is 7.30. The maximum atomic E-state index is 6.03. The van der Waals surface area contributed by atoms with Crippen LogP contribution in [-0.2, 0) is 0 Å². The van der Waals surface area contributed by atoms with Crippen LogP contribution in [0.1, 0.15) is 18.8 Å². The van der Waals surface area contributed by atoms with Crippen LogP contribution in [0.4, 0.5) is 5.69 Å². The summed E-state index contributed by atoms with van der Waals surface area (Å²) in [5.74, 6) is 0.866. The lowest BCUT2D eigenvalue weighted by atomic mass is 10.3. The first-order valence-corrected chi connectivity index (χ1v) is 5.11. The van der Waals surface area contributed by atoms with Crippen molar-refractivity contribution in [2.45, 2.75) is 13.0 Å². The van der Waals surface area contributed by atoms with Gasteiger partial charge in [0, 0.05) is 11.9 Å². The largest absolute Gasteiger partial charge is 0.398 e. The molecule has 15 heavy (non-hydrogen) atoms. The number of anilines is 1. The minimum Gasteiger partial charge on any atom is -0.398 e. The first-order chi connectivity index (χ1) is 7.13. The molecule has 0 fully saturated rings. The second-order valence-corrected chi connectivity index (χ2v) is 3.85. The molecule has 0 bridgehead atoms. The van der Waals surface area contributed by atoms with Crippen LogP contribution in [0.25, 0.3) is 5.52 Å². The van der Waals surface area contributed by atoms with E-state index in [1.54, 1.807) is 0 Å². The van der Waals surface area contributed by atoms with Crippen LogP contribution in [0, 0.1) is 0 Å². The molecule has 0 aliphatic carbocycles. The molecule has 2 aromatic rings. The van der Waals surface area contributed by atoms with E-state index >= 15 is 0 Å². The van der Waals surface area contributed by atoms with Gasteiger partial charge >= 0.3 is 0 Å². The molecule has 1 atom stereocenters. The van der Waals surface area contributed by atoms with Crippen LogP contribution >= 0.6 is 11.6 Å². The summed E-state index contributed by atoms with van der Waals surface area (Å²) in [5, 5.41) is 3.63. The van der Waals surface area contributed by atoms with E-state index in [2.05, 4.69) is 10.3 Å². The number of hydrogen-bond acceptors (Lipinski definition) is 3. The summed E-state index contributed by atoms with van der Waals surface area (Å²) >= 11 is 6.03. The summed E-state index contributed by atoms with van der Waals surface area (Å²) in [6.45, 7) is 2.02. The fourth-order valence-electron chi connectivity index (χ4n) is 1.52. The second-order valence-electron chi connectivity index (χ2n) is 3.49. The van der Waals surface area contributed by atoms with Crippen molar-refractivity contribution in [2.75, 3.05) is 12.8 Å². The van der Waals surface area contributed by atoms with Crippen molar-refractivity contribution < 1.29 is 0 Å². The van der Waals surface area contributed by atoms with Crippen LogP contribution in [-0.4, -0.2) is 16.4 Å². The molecule has 5 heteroatoms. The van der Waals surface area contributed by atoms with E-state index in [9.17, 15) is 0 Å². The fourth-order valence-corrected chi connectivity index (χ4v) is 1.76. The third-order valence-electron chi connectivity index (χ3n) is 2.46. The predicted molar refractivity (Wildman–Crippen MR) is 62.1 cm³/mol. The number of imidazole rings is 1. The van der Waals surface area contributed by atoms with Gasteiger partial charge in [-0.15, -0.1) is 0 Å². The van der Waals surface area contributed by atoms with Crippen molar-refractivity contribution in [1.29, 1.82) is 0 Å². The minimum atomic E-state index is 0.131. The van der Waals surface area contributed by atoms with Crippen LogP contribution in [0.2, 0.25) is 5.15 Å². The summed E-state index contributed by atoms with van der Waals surface area (Å²) in [6, 6.07) is 3.82. The monoisotopic (exact) mass is 224 g/mol. The molecule has 0 radical (unpaired) electrons. The molecule has 0 aliphatic rings. The van der Waals surface area contributed by atoms with E-state index in [0.29, 0.717) is 10.8 Å². The SMILES string of the molecule is CNC(C)c1nc(Cl)c2ccc(N)cn12. The van der Waals surface area contributed by atoms with E-state index < -0.39 is 0 Å². The van der Waals surface area contributed by atoms with Gasteiger partial charge in [0.15, 0.2) is 5.15 Å². The first kappa shape index (κ1) is 10.3. The van der Waals surface area contributed by atoms with Crippen molar-refractivity contribution in [3.8, 4) is 0 Å². The Morgan fingerprint density at radius 1 is 1.53 bits per heavy atom. The van der Waals surface area contributed by atoms with Crippen molar-refractivity contribution in [2.24, 2.45) is 0 Å². The van der Waals surface area contributed by atoms with Gasteiger partial charge in [-0.05, 0) is 26.1 Å². The number of nitrogens with one attached hydrogen (secondary N) is 1. The van der Waals surface area contributed by atoms with E-state index in [1.807, 2.05) is 36.7 Å². The number of rotatable bonds is 2. The zero-order chi connectivity index (χ0) is 11.0. The van der Waals surface area contributed by atoms with E-state index in [0.717, 1.165) is 11.3 Å². The smallest absolute Gasteiger partial charge is 0.155 e. The van der Waals surface area contributed by atoms with E-state index in [4.69, 9.17) is 17.3 Å². The average Bonchev–Trinajstić information content (AvgIpc) is 2.54. The minimum absolute atomic E-state index is 0.131. The number of nitrogens with zero attached hydrogens (tertiary/aromatic N) is 2. The van der Waals surface area contributed by atoms with Gasteiger partial charge in [0.1, 0.15) is 5.82 Å². The zero-order valence-corrected chi connectivity index (χ0v) is 9.42. The Hall–Kier alpha value is -1.26. The van der Waals surface area contributed by atoms with Crippen molar-refractivity contribution in [1.82, 2.24) is 14.7 Å². The van der Waals surface area contributed by atoms with Crippen LogP contribution in [0.3, 0.4) is 0 Å². The maximum absolute atomic E-state index is 6.03. The van der Waals surface area contributed by atoms with Gasteiger partial charge < -0.3 is 11.1 Å². The normalized spacial score (nSPS) is 13.3. The highest BCUT2D eigenvalue weighted by molar-refractivity contribution is 6.32. The fraction of sp³-hybridized carbons (Fsp3) is 0.300. The number of nitrogen functional groups attached to an aromatic ring is 1. The van der Waals surface area contributed by atoms with Crippen molar-refractivity contribution in [3.05, 3.63) is 29.3 Å². The average molecular weight is 225 g/mol. The van der Waals surface area contributed by atoms with E-state index in [1.165, 1.54) is 0 Å². The Bertz CT molecular complexity index is 491. The molecule has 0 saturated carbocycles. The summed E-state index contributed by atoms with van der Waals surface area (Å²) in [6.07, 6.45) is 1.83. The Morgan fingerprint density at radius 3 is 2.93 bits per heavy atom. The molecular weight excluding hydrogens is 212 g/mol. The quantitative estimate of drug-likeness (QED) is 0.819. The molecule has 0 saturated heterocycles. The molecule has 2 rings (SSSR count). The lowest BCUT2D eigenvalue weighted by molar-refractivity contribution is 0.608. The number of halogens is 1. The molecular formula is C10H13ClN4. The standard InChI is InChI=1S/C10H13ClN4/c1-6(13-2)10-14-9(11)8-4-3-7(12)5-15(8)10/h3-6,13H,12H2,1-2H3. The second kappa shape index (κ2) is 3.72. The number of hydrogen-bond donors (Lipinski definition) is 2. The van der Waals surface area contributed by atoms with Gasteiger partial charge in [-0.1, -0.05) is 11.6 Å². The third-order valence-corrected chi connectivity index (χ3v) is 2.74. The molecule has 2 heterocycles. The Kier molecular flexibility index (Phi) is 2.54. The Morgan fingerprint density at radius 2 is 2.27 bits per heavy atom. The number of aromatic nitrogens is 2. The molecule has 4 nitrogen and oxygen atoms in total. The molecule has 0 aromatic carbocycles. The molecule has 80 valence electrons. The van der Waals surface area contributed by atoms with E-state index in [-0.39, 0.29) is 6.04 Å². The molecule has 3 N–H and O–H groups in total. The number of fused-ring (bicyclic) bond motifs is 1.